The smallest absolute Gasteiger partial charge is 0.276 e. The third-order valence-corrected chi connectivity index (χ3v) is 6.44. The molecule has 1 N–H and O–H groups in total. The van der Waals surface area contributed by atoms with Gasteiger partial charge in [0.15, 0.2) is 5.69 Å². The Morgan fingerprint density at radius 3 is 2.50 bits per heavy atom. The number of nitrogens with zero attached hydrogens (tertiary/aromatic N) is 4. The van der Waals surface area contributed by atoms with Crippen LogP contribution in [0.25, 0.3) is 0 Å². The van der Waals surface area contributed by atoms with E-state index in [4.69, 9.17) is 11.6 Å². The topological polar surface area (TPSA) is 71.2 Å². The number of hydrogen-bond donors (Lipinski definition) is 1. The van der Waals surface area contributed by atoms with Crippen LogP contribution in [-0.2, 0) is 12.1 Å². The SMILES string of the molecule is O=C(c1cn(CC2CCCCC2)nn1)N1CCC(O)(c2ccc(Cl)cc2)CC1. The van der Waals surface area contributed by atoms with Gasteiger partial charge < -0.3 is 10.0 Å². The largest absolute Gasteiger partial charge is 0.385 e. The molecule has 0 bridgehead atoms. The summed E-state index contributed by atoms with van der Waals surface area (Å²) in [6, 6.07) is 7.29. The average molecular weight is 403 g/mol. The van der Waals surface area contributed by atoms with Crippen molar-refractivity contribution < 1.29 is 9.90 Å². The normalized spacial score (nSPS) is 20.3. The Hall–Kier alpha value is -1.92. The number of aromatic nitrogens is 3. The van der Waals surface area contributed by atoms with Gasteiger partial charge in [-0.3, -0.25) is 9.48 Å². The molecule has 1 aromatic heterocycles. The van der Waals surface area contributed by atoms with Gasteiger partial charge in [-0.15, -0.1) is 5.10 Å². The molecule has 28 heavy (non-hydrogen) atoms. The van der Waals surface area contributed by atoms with Crippen LogP contribution >= 0.6 is 11.6 Å². The number of rotatable bonds is 4. The van der Waals surface area contributed by atoms with E-state index >= 15 is 0 Å². The number of hydrogen-bond acceptors (Lipinski definition) is 4. The Morgan fingerprint density at radius 2 is 1.82 bits per heavy atom. The summed E-state index contributed by atoms with van der Waals surface area (Å²) in [5.74, 6) is 0.538. The molecule has 7 heteroatoms. The molecule has 1 aliphatic carbocycles. The maximum absolute atomic E-state index is 12.8. The van der Waals surface area contributed by atoms with Crippen LogP contribution in [0.2, 0.25) is 5.02 Å². The Morgan fingerprint density at radius 1 is 1.14 bits per heavy atom. The lowest BCUT2D eigenvalue weighted by molar-refractivity contribution is -0.0212. The molecule has 0 spiro atoms. The third-order valence-electron chi connectivity index (χ3n) is 6.19. The Labute approximate surface area is 170 Å². The molecule has 2 aliphatic rings. The second-order valence-electron chi connectivity index (χ2n) is 8.16. The minimum atomic E-state index is -0.917. The summed E-state index contributed by atoms with van der Waals surface area (Å²) in [6.07, 6.45) is 9.14. The molecule has 1 amide bonds. The zero-order chi connectivity index (χ0) is 19.6. The number of piperidine rings is 1. The molecule has 2 fully saturated rings. The van der Waals surface area contributed by atoms with Crippen molar-refractivity contribution in [1.29, 1.82) is 0 Å². The summed E-state index contributed by atoms with van der Waals surface area (Å²) >= 11 is 5.94. The van der Waals surface area contributed by atoms with Gasteiger partial charge in [0.2, 0.25) is 0 Å². The fourth-order valence-electron chi connectivity index (χ4n) is 4.41. The predicted molar refractivity (Wildman–Crippen MR) is 107 cm³/mol. The second kappa shape index (κ2) is 8.21. The lowest BCUT2D eigenvalue weighted by Gasteiger charge is -2.38. The van der Waals surface area contributed by atoms with Gasteiger partial charge in [-0.1, -0.05) is 48.2 Å². The summed E-state index contributed by atoms with van der Waals surface area (Å²) in [6.45, 7) is 1.83. The molecule has 2 heterocycles. The van der Waals surface area contributed by atoms with E-state index in [0.29, 0.717) is 42.6 Å². The van der Waals surface area contributed by atoms with Gasteiger partial charge in [0, 0.05) is 24.7 Å². The van der Waals surface area contributed by atoms with Gasteiger partial charge in [-0.05, 0) is 49.3 Å². The van der Waals surface area contributed by atoms with Crippen LogP contribution < -0.4 is 0 Å². The lowest BCUT2D eigenvalue weighted by atomic mass is 9.84. The molecule has 4 rings (SSSR count). The summed E-state index contributed by atoms with van der Waals surface area (Å²) in [4.78, 5) is 14.6. The van der Waals surface area contributed by atoms with E-state index < -0.39 is 5.60 Å². The summed E-state index contributed by atoms with van der Waals surface area (Å²) in [5, 5.41) is 19.9. The first kappa shape index (κ1) is 19.4. The number of likely N-dealkylation sites (tertiary alicyclic amines) is 1. The van der Waals surface area contributed by atoms with Gasteiger partial charge in [-0.25, -0.2) is 0 Å². The summed E-state index contributed by atoms with van der Waals surface area (Å²) < 4.78 is 1.82. The number of amides is 1. The Kier molecular flexibility index (Phi) is 5.69. The van der Waals surface area contributed by atoms with Crippen molar-refractivity contribution in [3.05, 3.63) is 46.7 Å². The number of aliphatic hydroxyl groups is 1. The molecular weight excluding hydrogens is 376 g/mol. The van der Waals surface area contributed by atoms with E-state index in [9.17, 15) is 9.90 Å². The molecule has 1 saturated carbocycles. The monoisotopic (exact) mass is 402 g/mol. The number of halogens is 1. The number of carbonyl (C=O) groups is 1. The Balaban J connectivity index is 1.35. The third kappa shape index (κ3) is 4.23. The molecule has 1 aliphatic heterocycles. The predicted octanol–water partition coefficient (Wildman–Crippen LogP) is 3.64. The lowest BCUT2D eigenvalue weighted by Crippen LogP contribution is -2.45. The van der Waals surface area contributed by atoms with E-state index in [2.05, 4.69) is 10.3 Å². The van der Waals surface area contributed by atoms with E-state index in [-0.39, 0.29) is 5.91 Å². The fourth-order valence-corrected chi connectivity index (χ4v) is 4.54. The first-order valence-corrected chi connectivity index (χ1v) is 10.6. The fraction of sp³-hybridized carbons (Fsp3) is 0.571. The van der Waals surface area contributed by atoms with Gasteiger partial charge in [0.1, 0.15) is 0 Å². The van der Waals surface area contributed by atoms with E-state index in [0.717, 1.165) is 12.1 Å². The van der Waals surface area contributed by atoms with Crippen LogP contribution in [0.4, 0.5) is 0 Å². The van der Waals surface area contributed by atoms with Crippen molar-refractivity contribution in [3.8, 4) is 0 Å². The highest BCUT2D eigenvalue weighted by atomic mass is 35.5. The van der Waals surface area contributed by atoms with E-state index in [1.807, 2.05) is 16.8 Å². The molecule has 6 nitrogen and oxygen atoms in total. The zero-order valence-corrected chi connectivity index (χ0v) is 16.8. The number of benzene rings is 1. The quantitative estimate of drug-likeness (QED) is 0.847. The van der Waals surface area contributed by atoms with Crippen molar-refractivity contribution in [3.63, 3.8) is 0 Å². The molecule has 0 atom stereocenters. The first-order chi connectivity index (χ1) is 13.5. The van der Waals surface area contributed by atoms with Crippen LogP contribution in [0, 0.1) is 5.92 Å². The first-order valence-electron chi connectivity index (χ1n) is 10.2. The molecule has 0 radical (unpaired) electrons. The highest BCUT2D eigenvalue weighted by molar-refractivity contribution is 6.30. The van der Waals surface area contributed by atoms with Gasteiger partial charge in [-0.2, -0.15) is 0 Å². The van der Waals surface area contributed by atoms with Crippen molar-refractivity contribution in [2.75, 3.05) is 13.1 Å². The maximum Gasteiger partial charge on any atom is 0.276 e. The number of carbonyl (C=O) groups excluding carboxylic acids is 1. The van der Waals surface area contributed by atoms with Crippen molar-refractivity contribution in [2.24, 2.45) is 5.92 Å². The second-order valence-corrected chi connectivity index (χ2v) is 8.60. The molecule has 150 valence electrons. The van der Waals surface area contributed by atoms with Crippen LogP contribution in [0.1, 0.15) is 61.0 Å². The van der Waals surface area contributed by atoms with Crippen LogP contribution in [0.3, 0.4) is 0 Å². The summed E-state index contributed by atoms with van der Waals surface area (Å²) in [5.41, 5.74) is 0.329. The molecule has 0 unspecified atom stereocenters. The van der Waals surface area contributed by atoms with Gasteiger partial charge >= 0.3 is 0 Å². The summed E-state index contributed by atoms with van der Waals surface area (Å²) in [7, 11) is 0. The molecule has 2 aromatic rings. The van der Waals surface area contributed by atoms with E-state index in [1.165, 1.54) is 32.1 Å². The van der Waals surface area contributed by atoms with Crippen molar-refractivity contribution in [1.82, 2.24) is 19.9 Å². The van der Waals surface area contributed by atoms with E-state index in [1.54, 1.807) is 23.2 Å². The molecule has 1 saturated heterocycles. The standard InChI is InChI=1S/C21H27ClN4O2/c22-18-8-6-17(7-9-18)21(28)10-12-25(13-11-21)20(27)19-15-26(24-23-19)14-16-4-2-1-3-5-16/h6-9,15-16,28H,1-5,10-14H2. The van der Waals surface area contributed by atoms with Crippen LogP contribution in [0.15, 0.2) is 30.5 Å². The van der Waals surface area contributed by atoms with Gasteiger partial charge in [0.25, 0.3) is 5.91 Å². The maximum atomic E-state index is 12.8. The minimum absolute atomic E-state index is 0.104. The van der Waals surface area contributed by atoms with Crippen molar-refractivity contribution in [2.45, 2.75) is 57.1 Å². The zero-order valence-electron chi connectivity index (χ0n) is 16.1. The average Bonchev–Trinajstić information content (AvgIpc) is 3.18. The van der Waals surface area contributed by atoms with Crippen LogP contribution in [-0.4, -0.2) is 44.0 Å². The molecular formula is C21H27ClN4O2. The van der Waals surface area contributed by atoms with Crippen molar-refractivity contribution >= 4 is 17.5 Å². The molecule has 1 aromatic carbocycles. The minimum Gasteiger partial charge on any atom is -0.385 e. The Bertz CT molecular complexity index is 806. The van der Waals surface area contributed by atoms with Gasteiger partial charge in [0.05, 0.1) is 11.8 Å². The van der Waals surface area contributed by atoms with Crippen LogP contribution in [0.5, 0.6) is 0 Å². The highest BCUT2D eigenvalue weighted by Gasteiger charge is 2.36. The highest BCUT2D eigenvalue weighted by Crippen LogP contribution is 2.33.